The van der Waals surface area contributed by atoms with E-state index in [0.717, 1.165) is 0 Å². The average Bonchev–Trinajstić information content (AvgIpc) is 2.27. The fraction of sp³-hybridized carbons (Fsp3) is 0.400. The number of halogens is 2. The Hall–Kier alpha value is -1.36. The molecule has 0 saturated heterocycles. The Morgan fingerprint density at radius 3 is 1.87 bits per heavy atom. The molecule has 0 aliphatic carbocycles. The molecule has 5 heteroatoms. The van der Waals surface area contributed by atoms with Crippen LogP contribution >= 0.6 is 0 Å². The summed E-state index contributed by atoms with van der Waals surface area (Å²) in [5.41, 5.74) is 5.62. The van der Waals surface area contributed by atoms with Crippen molar-refractivity contribution in [2.24, 2.45) is 5.73 Å². The van der Waals surface area contributed by atoms with Crippen LogP contribution in [0.3, 0.4) is 0 Å². The summed E-state index contributed by atoms with van der Waals surface area (Å²) >= 11 is 0. The molecule has 15 heavy (non-hydrogen) atoms. The van der Waals surface area contributed by atoms with E-state index in [-0.39, 0.29) is 0 Å². The van der Waals surface area contributed by atoms with Crippen LogP contribution in [0.25, 0.3) is 0 Å². The summed E-state index contributed by atoms with van der Waals surface area (Å²) in [4.78, 5) is 0. The normalized spacial score (nSPS) is 12.7. The van der Waals surface area contributed by atoms with Crippen LogP contribution in [0.4, 0.5) is 8.78 Å². The highest BCUT2D eigenvalue weighted by atomic mass is 19.3. The van der Waals surface area contributed by atoms with Crippen molar-refractivity contribution in [3.05, 3.63) is 23.8 Å². The van der Waals surface area contributed by atoms with Crippen molar-refractivity contribution in [1.29, 1.82) is 0 Å². The third kappa shape index (κ3) is 2.79. The molecule has 0 saturated carbocycles. The first-order chi connectivity index (χ1) is 7.08. The van der Waals surface area contributed by atoms with Crippen molar-refractivity contribution in [3.8, 4) is 11.5 Å². The number of benzene rings is 1. The predicted octanol–water partition coefficient (Wildman–Crippen LogP) is 1.97. The van der Waals surface area contributed by atoms with Crippen molar-refractivity contribution in [1.82, 2.24) is 0 Å². The maximum Gasteiger partial charge on any atom is 0.257 e. The Kier molecular flexibility index (Phi) is 3.85. The summed E-state index contributed by atoms with van der Waals surface area (Å²) < 4.78 is 34.7. The topological polar surface area (TPSA) is 44.5 Å². The van der Waals surface area contributed by atoms with Gasteiger partial charge in [0.25, 0.3) is 6.43 Å². The number of methoxy groups -OCH3 is 2. The highest BCUT2D eigenvalue weighted by Crippen LogP contribution is 2.27. The molecule has 0 aromatic heterocycles. The lowest BCUT2D eigenvalue weighted by Gasteiger charge is -2.13. The monoisotopic (exact) mass is 217 g/mol. The maximum atomic E-state index is 12.4. The van der Waals surface area contributed by atoms with Gasteiger partial charge in [-0.3, -0.25) is 0 Å². The van der Waals surface area contributed by atoms with Gasteiger partial charge in [-0.2, -0.15) is 0 Å². The van der Waals surface area contributed by atoms with Crippen LogP contribution in [0.1, 0.15) is 11.6 Å². The number of hydrogen-bond acceptors (Lipinski definition) is 3. The third-order valence-corrected chi connectivity index (χ3v) is 2.03. The molecule has 0 aliphatic rings. The molecule has 3 nitrogen and oxygen atoms in total. The summed E-state index contributed by atoms with van der Waals surface area (Å²) in [5.74, 6) is 0.890. The van der Waals surface area contributed by atoms with Gasteiger partial charge in [-0.1, -0.05) is 0 Å². The summed E-state index contributed by atoms with van der Waals surface area (Å²) in [6.07, 6.45) is -2.61. The molecule has 0 amide bonds. The van der Waals surface area contributed by atoms with Gasteiger partial charge in [-0.15, -0.1) is 0 Å². The largest absolute Gasteiger partial charge is 0.497 e. The lowest BCUT2D eigenvalue weighted by molar-refractivity contribution is 0.116. The molecule has 0 bridgehead atoms. The van der Waals surface area contributed by atoms with Crippen LogP contribution in [-0.2, 0) is 0 Å². The third-order valence-electron chi connectivity index (χ3n) is 2.03. The first-order valence-corrected chi connectivity index (χ1v) is 4.35. The lowest BCUT2D eigenvalue weighted by atomic mass is 10.1. The number of alkyl halides is 2. The Labute approximate surface area is 86.8 Å². The zero-order valence-corrected chi connectivity index (χ0v) is 8.54. The smallest absolute Gasteiger partial charge is 0.257 e. The molecule has 0 unspecified atom stereocenters. The molecular weight excluding hydrogens is 204 g/mol. The van der Waals surface area contributed by atoms with E-state index in [0.29, 0.717) is 17.1 Å². The minimum atomic E-state index is -2.61. The fourth-order valence-corrected chi connectivity index (χ4v) is 1.17. The first kappa shape index (κ1) is 11.7. The van der Waals surface area contributed by atoms with Crippen molar-refractivity contribution >= 4 is 0 Å². The number of ether oxygens (including phenoxy) is 2. The highest BCUT2D eigenvalue weighted by molar-refractivity contribution is 5.39. The van der Waals surface area contributed by atoms with Gasteiger partial charge < -0.3 is 15.2 Å². The minimum Gasteiger partial charge on any atom is -0.497 e. The molecule has 1 rings (SSSR count). The fourth-order valence-electron chi connectivity index (χ4n) is 1.17. The molecule has 0 heterocycles. The van der Waals surface area contributed by atoms with Crippen LogP contribution in [-0.4, -0.2) is 20.6 Å². The van der Waals surface area contributed by atoms with Gasteiger partial charge in [0.2, 0.25) is 0 Å². The van der Waals surface area contributed by atoms with Gasteiger partial charge in [-0.25, -0.2) is 8.78 Å². The van der Waals surface area contributed by atoms with Crippen molar-refractivity contribution < 1.29 is 18.3 Å². The molecule has 2 N–H and O–H groups in total. The van der Waals surface area contributed by atoms with E-state index < -0.39 is 12.5 Å². The molecule has 1 aromatic carbocycles. The van der Waals surface area contributed by atoms with Crippen LogP contribution in [0.2, 0.25) is 0 Å². The maximum absolute atomic E-state index is 12.4. The van der Waals surface area contributed by atoms with E-state index in [4.69, 9.17) is 15.2 Å². The second kappa shape index (κ2) is 4.93. The molecule has 0 fully saturated rings. The summed E-state index contributed by atoms with van der Waals surface area (Å²) in [6.45, 7) is 0. The Balaban J connectivity index is 3.06. The zero-order valence-electron chi connectivity index (χ0n) is 8.54. The van der Waals surface area contributed by atoms with E-state index in [1.54, 1.807) is 6.07 Å². The molecule has 1 aromatic rings. The van der Waals surface area contributed by atoms with Gasteiger partial charge in [0, 0.05) is 6.07 Å². The quantitative estimate of drug-likeness (QED) is 0.838. The van der Waals surface area contributed by atoms with Crippen LogP contribution in [0, 0.1) is 0 Å². The molecule has 84 valence electrons. The standard InChI is InChI=1S/C10H13F2NO2/c1-14-7-3-6(9(13)10(11)12)4-8(5-7)15-2/h3-5,9-10H,13H2,1-2H3/t9-/m1/s1. The molecular formula is C10H13F2NO2. The molecule has 1 atom stereocenters. The van der Waals surface area contributed by atoms with E-state index in [1.165, 1.54) is 26.4 Å². The Bertz CT molecular complexity index is 309. The van der Waals surface area contributed by atoms with Crippen LogP contribution in [0.15, 0.2) is 18.2 Å². The van der Waals surface area contributed by atoms with E-state index in [9.17, 15) is 8.78 Å². The van der Waals surface area contributed by atoms with Crippen molar-refractivity contribution in [2.75, 3.05) is 14.2 Å². The number of rotatable bonds is 4. The van der Waals surface area contributed by atoms with Gasteiger partial charge in [0.1, 0.15) is 11.5 Å². The van der Waals surface area contributed by atoms with Gasteiger partial charge >= 0.3 is 0 Å². The average molecular weight is 217 g/mol. The molecule has 0 radical (unpaired) electrons. The highest BCUT2D eigenvalue weighted by Gasteiger charge is 2.18. The van der Waals surface area contributed by atoms with Gasteiger partial charge in [0.15, 0.2) is 0 Å². The Morgan fingerprint density at radius 2 is 1.53 bits per heavy atom. The summed E-state index contributed by atoms with van der Waals surface area (Å²) in [6, 6.07) is 3.22. The second-order valence-corrected chi connectivity index (χ2v) is 3.01. The van der Waals surface area contributed by atoms with Gasteiger partial charge in [-0.05, 0) is 17.7 Å². The molecule has 0 spiro atoms. The molecule has 0 aliphatic heterocycles. The van der Waals surface area contributed by atoms with Gasteiger partial charge in [0.05, 0.1) is 20.3 Å². The van der Waals surface area contributed by atoms with Crippen molar-refractivity contribution in [2.45, 2.75) is 12.5 Å². The summed E-state index contributed by atoms with van der Waals surface area (Å²) in [5, 5.41) is 0. The first-order valence-electron chi connectivity index (χ1n) is 4.35. The van der Waals surface area contributed by atoms with Crippen LogP contribution in [0.5, 0.6) is 11.5 Å². The van der Waals surface area contributed by atoms with Crippen LogP contribution < -0.4 is 15.2 Å². The predicted molar refractivity (Wildman–Crippen MR) is 52.5 cm³/mol. The Morgan fingerprint density at radius 1 is 1.07 bits per heavy atom. The SMILES string of the molecule is COc1cc(OC)cc([C@@H](N)C(F)F)c1. The number of nitrogens with two attached hydrogens (primary N) is 1. The zero-order chi connectivity index (χ0) is 11.4. The van der Waals surface area contributed by atoms with E-state index in [1.807, 2.05) is 0 Å². The minimum absolute atomic E-state index is 0.293. The second-order valence-electron chi connectivity index (χ2n) is 3.01. The lowest BCUT2D eigenvalue weighted by Crippen LogP contribution is -2.18. The summed E-state index contributed by atoms with van der Waals surface area (Å²) in [7, 11) is 2.90. The van der Waals surface area contributed by atoms with E-state index in [2.05, 4.69) is 0 Å². The number of hydrogen-bond donors (Lipinski definition) is 1. The van der Waals surface area contributed by atoms with E-state index >= 15 is 0 Å². The van der Waals surface area contributed by atoms with Crippen molar-refractivity contribution in [3.63, 3.8) is 0 Å².